The van der Waals surface area contributed by atoms with Crippen LogP contribution in [0.2, 0.25) is 0 Å². The zero-order valence-corrected chi connectivity index (χ0v) is 17.8. The van der Waals surface area contributed by atoms with E-state index in [9.17, 15) is 0 Å². The summed E-state index contributed by atoms with van der Waals surface area (Å²) in [4.78, 5) is 0. The number of hydrogen-bond donors (Lipinski definition) is 1. The van der Waals surface area contributed by atoms with Gasteiger partial charge in [-0.1, -0.05) is 78.0 Å². The Morgan fingerprint density at radius 2 is 1.41 bits per heavy atom. The highest BCUT2D eigenvalue weighted by molar-refractivity contribution is 8.60. The SMILES string of the molecule is CCCCCCN(CCCCCC)P(=S)(S)OC(C)CCC. The molecule has 0 radical (unpaired) electrons. The van der Waals surface area contributed by atoms with Crippen molar-refractivity contribution in [2.75, 3.05) is 13.1 Å². The van der Waals surface area contributed by atoms with Gasteiger partial charge in [0.2, 0.25) is 0 Å². The Labute approximate surface area is 150 Å². The van der Waals surface area contributed by atoms with Gasteiger partial charge in [0.25, 0.3) is 0 Å². The molecule has 0 saturated heterocycles. The molecule has 0 aliphatic heterocycles. The summed E-state index contributed by atoms with van der Waals surface area (Å²) in [5.41, 5.74) is -2.12. The molecule has 0 bridgehead atoms. The van der Waals surface area contributed by atoms with Gasteiger partial charge in [0.05, 0.1) is 6.10 Å². The van der Waals surface area contributed by atoms with Gasteiger partial charge in [-0.25, -0.2) is 4.67 Å². The van der Waals surface area contributed by atoms with Crippen LogP contribution in [-0.4, -0.2) is 23.9 Å². The van der Waals surface area contributed by atoms with Crippen molar-refractivity contribution in [2.45, 2.75) is 98.0 Å². The van der Waals surface area contributed by atoms with Gasteiger partial charge in [0.15, 0.2) is 5.62 Å². The molecule has 22 heavy (non-hydrogen) atoms. The Bertz CT molecular complexity index is 290. The van der Waals surface area contributed by atoms with Gasteiger partial charge >= 0.3 is 0 Å². The summed E-state index contributed by atoms with van der Waals surface area (Å²) in [6, 6.07) is 0. The van der Waals surface area contributed by atoms with Gasteiger partial charge in [-0.05, 0) is 38.0 Å². The lowest BCUT2D eigenvalue weighted by molar-refractivity contribution is 0.216. The van der Waals surface area contributed by atoms with Crippen LogP contribution >= 0.6 is 17.9 Å². The van der Waals surface area contributed by atoms with E-state index in [1.165, 1.54) is 51.4 Å². The van der Waals surface area contributed by atoms with Crippen molar-refractivity contribution in [3.05, 3.63) is 0 Å². The van der Waals surface area contributed by atoms with Gasteiger partial charge < -0.3 is 4.52 Å². The maximum Gasteiger partial charge on any atom is 0.185 e. The lowest BCUT2D eigenvalue weighted by atomic mass is 10.2. The summed E-state index contributed by atoms with van der Waals surface area (Å²) >= 11 is 10.6. The molecule has 2 atom stereocenters. The van der Waals surface area contributed by atoms with Crippen molar-refractivity contribution in [1.29, 1.82) is 0 Å². The third-order valence-corrected chi connectivity index (χ3v) is 7.65. The smallest absolute Gasteiger partial charge is 0.185 e. The average Bonchev–Trinajstić information content (AvgIpc) is 2.45. The molecule has 2 nitrogen and oxygen atoms in total. The summed E-state index contributed by atoms with van der Waals surface area (Å²) in [7, 11) is 0. The van der Waals surface area contributed by atoms with E-state index in [1.54, 1.807) is 0 Å². The van der Waals surface area contributed by atoms with E-state index in [-0.39, 0.29) is 6.10 Å². The first-order valence-electron chi connectivity index (χ1n) is 9.24. The molecular weight excluding hydrogens is 329 g/mol. The normalized spacial score (nSPS) is 15.9. The molecule has 0 aromatic rings. The summed E-state index contributed by atoms with van der Waals surface area (Å²) in [6.07, 6.45) is 12.6. The van der Waals surface area contributed by atoms with Crippen LogP contribution in [0.3, 0.4) is 0 Å². The van der Waals surface area contributed by atoms with E-state index in [1.807, 2.05) is 0 Å². The van der Waals surface area contributed by atoms with Gasteiger partial charge in [-0.3, -0.25) is 0 Å². The third kappa shape index (κ3) is 11.5. The van der Waals surface area contributed by atoms with Crippen LogP contribution in [0.15, 0.2) is 0 Å². The van der Waals surface area contributed by atoms with Crippen LogP contribution in [-0.2, 0) is 16.3 Å². The Balaban J connectivity index is 4.46. The average molecular weight is 368 g/mol. The van der Waals surface area contributed by atoms with Crippen LogP contribution in [0.1, 0.15) is 91.9 Å². The molecule has 2 unspecified atom stereocenters. The highest BCUT2D eigenvalue weighted by Crippen LogP contribution is 2.57. The Kier molecular flexibility index (Phi) is 14.9. The molecule has 134 valence electrons. The van der Waals surface area contributed by atoms with E-state index >= 15 is 0 Å². The topological polar surface area (TPSA) is 12.5 Å². The Morgan fingerprint density at radius 1 is 0.909 bits per heavy atom. The fourth-order valence-electron chi connectivity index (χ4n) is 2.57. The molecule has 0 saturated carbocycles. The molecule has 0 aliphatic carbocycles. The van der Waals surface area contributed by atoms with E-state index in [2.05, 4.69) is 32.4 Å². The van der Waals surface area contributed by atoms with Crippen LogP contribution in [0, 0.1) is 0 Å². The molecule has 0 N–H and O–H groups in total. The minimum Gasteiger partial charge on any atom is -0.327 e. The minimum absolute atomic E-state index is 0.224. The third-order valence-electron chi connectivity index (χ3n) is 3.91. The van der Waals surface area contributed by atoms with Gasteiger partial charge in [-0.15, -0.1) is 0 Å². The predicted octanol–water partition coefficient (Wildman–Crippen LogP) is 6.81. The fourth-order valence-corrected chi connectivity index (χ4v) is 6.01. The first-order valence-corrected chi connectivity index (χ1v) is 13.1. The van der Waals surface area contributed by atoms with E-state index in [4.69, 9.17) is 28.6 Å². The molecule has 5 heteroatoms. The lowest BCUT2D eigenvalue weighted by Gasteiger charge is -2.33. The molecule has 0 aliphatic rings. The van der Waals surface area contributed by atoms with Crippen molar-refractivity contribution < 1.29 is 4.52 Å². The summed E-state index contributed by atoms with van der Waals surface area (Å²) in [5.74, 6) is 0. The summed E-state index contributed by atoms with van der Waals surface area (Å²) in [5, 5.41) is 0. The fraction of sp³-hybridized carbons (Fsp3) is 1.00. The maximum atomic E-state index is 6.17. The first-order chi connectivity index (χ1) is 10.5. The van der Waals surface area contributed by atoms with Crippen molar-refractivity contribution >= 4 is 29.7 Å². The second-order valence-electron chi connectivity index (χ2n) is 6.27. The molecule has 0 heterocycles. The monoisotopic (exact) mass is 367 g/mol. The van der Waals surface area contributed by atoms with Crippen molar-refractivity contribution in [2.24, 2.45) is 0 Å². The molecule has 0 aromatic heterocycles. The number of rotatable bonds is 15. The zero-order valence-electron chi connectivity index (χ0n) is 15.2. The number of nitrogens with zero attached hydrogens (tertiary/aromatic N) is 1. The highest BCUT2D eigenvalue weighted by atomic mass is 32.9. The van der Waals surface area contributed by atoms with Crippen LogP contribution in [0.25, 0.3) is 0 Å². The molecule has 0 amide bonds. The zero-order chi connectivity index (χ0) is 16.8. The van der Waals surface area contributed by atoms with Gasteiger partial charge in [-0.2, -0.15) is 0 Å². The Morgan fingerprint density at radius 3 is 1.82 bits per heavy atom. The van der Waals surface area contributed by atoms with Crippen LogP contribution < -0.4 is 0 Å². The minimum atomic E-state index is -2.12. The van der Waals surface area contributed by atoms with E-state index in [0.29, 0.717) is 0 Å². The number of unbranched alkanes of at least 4 members (excludes halogenated alkanes) is 6. The van der Waals surface area contributed by atoms with Crippen molar-refractivity contribution in [1.82, 2.24) is 4.67 Å². The highest BCUT2D eigenvalue weighted by Gasteiger charge is 2.24. The standard InChI is InChI=1S/C17H38NOPS2/c1-5-8-10-12-15-18(16-13-11-9-6-2)20(21,22)19-17(4)14-7-3/h17H,5-16H2,1-4H3,(H,21,22). The number of thiol groups is 1. The van der Waals surface area contributed by atoms with Crippen LogP contribution in [0.5, 0.6) is 0 Å². The molecular formula is C17H38NOPS2. The van der Waals surface area contributed by atoms with Gasteiger partial charge in [0, 0.05) is 13.1 Å². The maximum absolute atomic E-state index is 6.17. The summed E-state index contributed by atoms with van der Waals surface area (Å²) in [6.45, 7) is 10.9. The largest absolute Gasteiger partial charge is 0.327 e. The van der Waals surface area contributed by atoms with Crippen molar-refractivity contribution in [3.8, 4) is 0 Å². The molecule has 0 aromatic carbocycles. The van der Waals surface area contributed by atoms with Crippen molar-refractivity contribution in [3.63, 3.8) is 0 Å². The predicted molar refractivity (Wildman–Crippen MR) is 109 cm³/mol. The first kappa shape index (κ1) is 22.9. The second kappa shape index (κ2) is 14.3. The quantitative estimate of drug-likeness (QED) is 0.194. The second-order valence-corrected chi connectivity index (χ2v) is 12.0. The molecule has 0 spiro atoms. The van der Waals surface area contributed by atoms with Gasteiger partial charge in [0.1, 0.15) is 0 Å². The molecule has 0 fully saturated rings. The van der Waals surface area contributed by atoms with E-state index < -0.39 is 5.62 Å². The summed E-state index contributed by atoms with van der Waals surface area (Å²) < 4.78 is 8.55. The molecule has 0 rings (SSSR count). The Hall–Kier alpha value is 0.920. The number of hydrogen-bond acceptors (Lipinski definition) is 2. The van der Waals surface area contributed by atoms with Crippen LogP contribution in [0.4, 0.5) is 0 Å². The lowest BCUT2D eigenvalue weighted by Crippen LogP contribution is -2.24. The van der Waals surface area contributed by atoms with E-state index in [0.717, 1.165) is 25.9 Å².